The maximum absolute atomic E-state index is 13.7. The summed E-state index contributed by atoms with van der Waals surface area (Å²) in [5.74, 6) is -1.41. The van der Waals surface area contributed by atoms with E-state index in [9.17, 15) is 8.78 Å². The van der Waals surface area contributed by atoms with Gasteiger partial charge in [-0.1, -0.05) is 13.8 Å². The van der Waals surface area contributed by atoms with Gasteiger partial charge in [0.1, 0.15) is 11.6 Å². The molecule has 3 N–H and O–H groups in total. The summed E-state index contributed by atoms with van der Waals surface area (Å²) in [6, 6.07) is 1.53. The molecule has 0 aliphatic rings. The van der Waals surface area contributed by atoms with Crippen molar-refractivity contribution in [2.45, 2.75) is 19.9 Å². The van der Waals surface area contributed by atoms with Crippen LogP contribution in [0.1, 0.15) is 25.5 Å². The summed E-state index contributed by atoms with van der Waals surface area (Å²) in [7, 11) is 0. The average molecular weight is 294 g/mol. The number of aliphatic hydroxyl groups excluding tert-OH is 1. The van der Waals surface area contributed by atoms with Crippen LogP contribution in [0, 0.1) is 17.0 Å². The molecule has 1 aromatic carbocycles. The second kappa shape index (κ2) is 4.77. The van der Waals surface area contributed by atoms with Crippen LogP contribution >= 0.6 is 15.9 Å². The summed E-state index contributed by atoms with van der Waals surface area (Å²) in [5.41, 5.74) is 4.80. The van der Waals surface area contributed by atoms with Crippen LogP contribution in [0.15, 0.2) is 16.6 Å². The van der Waals surface area contributed by atoms with Crippen LogP contribution < -0.4 is 5.73 Å². The number of rotatable bonds is 3. The van der Waals surface area contributed by atoms with Gasteiger partial charge in [0.2, 0.25) is 0 Å². The molecule has 0 fully saturated rings. The van der Waals surface area contributed by atoms with Crippen molar-refractivity contribution in [3.63, 3.8) is 0 Å². The lowest BCUT2D eigenvalue weighted by Gasteiger charge is -2.30. The number of nitrogens with two attached hydrogens (primary N) is 1. The molecular formula is C11H14BrF2NO. The molecule has 90 valence electrons. The predicted molar refractivity (Wildman–Crippen MR) is 61.9 cm³/mol. The average Bonchev–Trinajstić information content (AvgIpc) is 2.24. The summed E-state index contributed by atoms with van der Waals surface area (Å²) in [4.78, 5) is 0. The Morgan fingerprint density at radius 2 is 2.00 bits per heavy atom. The molecule has 0 spiro atoms. The monoisotopic (exact) mass is 293 g/mol. The third-order valence-electron chi connectivity index (χ3n) is 2.64. The first-order valence-corrected chi connectivity index (χ1v) is 5.60. The van der Waals surface area contributed by atoms with E-state index in [2.05, 4.69) is 15.9 Å². The van der Waals surface area contributed by atoms with Gasteiger partial charge in [-0.05, 0) is 28.1 Å². The summed E-state index contributed by atoms with van der Waals surface area (Å²) in [6.07, 6.45) is 0. The number of halogens is 3. The molecule has 0 amide bonds. The molecule has 0 radical (unpaired) electrons. The van der Waals surface area contributed by atoms with E-state index in [1.807, 2.05) is 0 Å². The topological polar surface area (TPSA) is 46.2 Å². The minimum Gasteiger partial charge on any atom is -0.396 e. The minimum absolute atomic E-state index is 0.160. The standard InChI is InChI=1S/C11H14BrF2NO/c1-11(2,5-16)10(15)8-7(13)4-3-6(12)9(8)14/h3-4,10,16H,5,15H2,1-2H3/t10-/m0/s1. The fraction of sp³-hybridized carbons (Fsp3) is 0.455. The smallest absolute Gasteiger partial charge is 0.145 e. The van der Waals surface area contributed by atoms with Crippen LogP contribution in [0.2, 0.25) is 0 Å². The highest BCUT2D eigenvalue weighted by Gasteiger charge is 2.31. The van der Waals surface area contributed by atoms with E-state index in [1.54, 1.807) is 13.8 Å². The fourth-order valence-corrected chi connectivity index (χ4v) is 1.66. The number of benzene rings is 1. The van der Waals surface area contributed by atoms with Crippen molar-refractivity contribution >= 4 is 15.9 Å². The molecule has 0 aliphatic carbocycles. The number of hydrogen-bond donors (Lipinski definition) is 2. The van der Waals surface area contributed by atoms with Gasteiger partial charge in [-0.15, -0.1) is 0 Å². The maximum Gasteiger partial charge on any atom is 0.145 e. The quantitative estimate of drug-likeness (QED) is 0.842. The summed E-state index contributed by atoms with van der Waals surface area (Å²) >= 11 is 2.98. The minimum atomic E-state index is -0.907. The highest BCUT2D eigenvalue weighted by atomic mass is 79.9. The van der Waals surface area contributed by atoms with Crippen molar-refractivity contribution in [1.82, 2.24) is 0 Å². The first kappa shape index (κ1) is 13.5. The molecule has 0 saturated heterocycles. The van der Waals surface area contributed by atoms with E-state index in [4.69, 9.17) is 10.8 Å². The van der Waals surface area contributed by atoms with Gasteiger partial charge in [-0.3, -0.25) is 0 Å². The van der Waals surface area contributed by atoms with Crippen LogP contribution in [-0.2, 0) is 0 Å². The van der Waals surface area contributed by atoms with Crippen LogP contribution in [0.25, 0.3) is 0 Å². The van der Waals surface area contributed by atoms with E-state index in [1.165, 1.54) is 6.07 Å². The zero-order valence-electron chi connectivity index (χ0n) is 9.10. The molecule has 0 unspecified atom stereocenters. The Hall–Kier alpha value is -0.520. The molecule has 0 saturated carbocycles. The zero-order chi connectivity index (χ0) is 12.5. The van der Waals surface area contributed by atoms with Crippen molar-refractivity contribution in [3.05, 3.63) is 33.8 Å². The van der Waals surface area contributed by atoms with E-state index in [0.29, 0.717) is 0 Å². The van der Waals surface area contributed by atoms with Gasteiger partial charge in [0, 0.05) is 23.6 Å². The summed E-state index contributed by atoms with van der Waals surface area (Å²) in [6.45, 7) is 3.05. The molecule has 0 heterocycles. The zero-order valence-corrected chi connectivity index (χ0v) is 10.7. The molecule has 0 aromatic heterocycles. The molecule has 16 heavy (non-hydrogen) atoms. The van der Waals surface area contributed by atoms with Gasteiger partial charge in [0.25, 0.3) is 0 Å². The molecular weight excluding hydrogens is 280 g/mol. The van der Waals surface area contributed by atoms with Crippen LogP contribution in [0.3, 0.4) is 0 Å². The van der Waals surface area contributed by atoms with Crippen LogP contribution in [0.4, 0.5) is 8.78 Å². The lowest BCUT2D eigenvalue weighted by molar-refractivity contribution is 0.129. The highest BCUT2D eigenvalue weighted by Crippen LogP contribution is 2.35. The summed E-state index contributed by atoms with van der Waals surface area (Å²) < 4.78 is 27.4. The van der Waals surface area contributed by atoms with Crippen molar-refractivity contribution < 1.29 is 13.9 Å². The van der Waals surface area contributed by atoms with Gasteiger partial charge >= 0.3 is 0 Å². The van der Waals surface area contributed by atoms with Crippen molar-refractivity contribution in [1.29, 1.82) is 0 Å². The van der Waals surface area contributed by atoms with Gasteiger partial charge < -0.3 is 10.8 Å². The highest BCUT2D eigenvalue weighted by molar-refractivity contribution is 9.10. The second-order valence-electron chi connectivity index (χ2n) is 4.38. The normalized spacial score (nSPS) is 13.9. The Bertz CT molecular complexity index is 396. The predicted octanol–water partition coefficient (Wildman–Crippen LogP) is 2.75. The summed E-state index contributed by atoms with van der Waals surface area (Å²) in [5, 5.41) is 9.14. The number of aliphatic hydroxyl groups is 1. The Morgan fingerprint density at radius 3 is 2.50 bits per heavy atom. The molecule has 2 nitrogen and oxygen atoms in total. The van der Waals surface area contributed by atoms with Crippen molar-refractivity contribution in [3.8, 4) is 0 Å². The van der Waals surface area contributed by atoms with Gasteiger partial charge in [-0.2, -0.15) is 0 Å². The van der Waals surface area contributed by atoms with Crippen molar-refractivity contribution in [2.24, 2.45) is 11.1 Å². The molecule has 1 atom stereocenters. The van der Waals surface area contributed by atoms with E-state index in [-0.39, 0.29) is 16.6 Å². The third kappa shape index (κ3) is 2.42. The Morgan fingerprint density at radius 1 is 1.44 bits per heavy atom. The second-order valence-corrected chi connectivity index (χ2v) is 5.24. The fourth-order valence-electron chi connectivity index (χ4n) is 1.32. The van der Waals surface area contributed by atoms with E-state index >= 15 is 0 Å². The van der Waals surface area contributed by atoms with Gasteiger partial charge in [-0.25, -0.2) is 8.78 Å². The largest absolute Gasteiger partial charge is 0.396 e. The van der Waals surface area contributed by atoms with Crippen LogP contribution in [-0.4, -0.2) is 11.7 Å². The first-order chi connectivity index (χ1) is 7.31. The Kier molecular flexibility index (Phi) is 4.04. The Balaban J connectivity index is 3.28. The molecule has 1 rings (SSSR count). The third-order valence-corrected chi connectivity index (χ3v) is 3.25. The van der Waals surface area contributed by atoms with E-state index < -0.39 is 23.1 Å². The maximum atomic E-state index is 13.7. The molecule has 1 aromatic rings. The number of hydrogen-bond acceptors (Lipinski definition) is 2. The molecule has 5 heteroatoms. The van der Waals surface area contributed by atoms with Crippen LogP contribution in [0.5, 0.6) is 0 Å². The van der Waals surface area contributed by atoms with Gasteiger partial charge in [0.15, 0.2) is 0 Å². The van der Waals surface area contributed by atoms with Crippen molar-refractivity contribution in [2.75, 3.05) is 6.61 Å². The first-order valence-electron chi connectivity index (χ1n) is 4.81. The molecule has 0 bridgehead atoms. The van der Waals surface area contributed by atoms with E-state index in [0.717, 1.165) is 6.07 Å². The lowest BCUT2D eigenvalue weighted by atomic mass is 9.81. The SMILES string of the molecule is CC(C)(CO)[C@@H](N)c1c(F)ccc(Br)c1F. The Labute approximate surface area is 102 Å². The molecule has 0 aliphatic heterocycles. The van der Waals surface area contributed by atoms with Gasteiger partial charge in [0.05, 0.1) is 4.47 Å². The lowest BCUT2D eigenvalue weighted by Crippen LogP contribution is -2.33.